The van der Waals surface area contributed by atoms with E-state index in [4.69, 9.17) is 0 Å². The van der Waals surface area contributed by atoms with Crippen LogP contribution in [0, 0.1) is 29.3 Å². The molecule has 6 nitrogen and oxygen atoms in total. The Labute approximate surface area is 202 Å². The van der Waals surface area contributed by atoms with Crippen molar-refractivity contribution in [3.63, 3.8) is 0 Å². The second kappa shape index (κ2) is 9.58. The molecule has 2 aromatic carbocycles. The Bertz CT molecular complexity index is 1600. The van der Waals surface area contributed by atoms with E-state index in [1.807, 2.05) is 0 Å². The second-order valence-electron chi connectivity index (χ2n) is 7.64. The molecule has 0 amide bonds. The third-order valence-corrected chi connectivity index (χ3v) is 8.12. The lowest BCUT2D eigenvalue weighted by Crippen LogP contribution is -2.42. The number of halogens is 3. The molecule has 180 valence electrons. The minimum atomic E-state index is -4.22. The van der Waals surface area contributed by atoms with Crippen LogP contribution in [0.15, 0.2) is 58.9 Å². The number of benzene rings is 2. The van der Waals surface area contributed by atoms with Crippen molar-refractivity contribution in [3.05, 3.63) is 88.2 Å². The lowest BCUT2D eigenvalue weighted by molar-refractivity contribution is -0.138. The van der Waals surface area contributed by atoms with Gasteiger partial charge in [-0.3, -0.25) is 4.79 Å². The lowest BCUT2D eigenvalue weighted by Gasteiger charge is -2.13. The lowest BCUT2D eigenvalue weighted by atomic mass is 10.1. The molecule has 0 aliphatic rings. The fourth-order valence-electron chi connectivity index (χ4n) is 3.46. The number of aromatic nitrogens is 1. The molecule has 2 heterocycles. The summed E-state index contributed by atoms with van der Waals surface area (Å²) in [5.74, 6) is 1.62. The van der Waals surface area contributed by atoms with Gasteiger partial charge in [0.15, 0.2) is 11.6 Å². The number of aryl methyl sites for hydroxylation is 1. The zero-order valence-electron chi connectivity index (χ0n) is 18.1. The molecular weight excluding hydrogens is 501 g/mol. The van der Waals surface area contributed by atoms with Gasteiger partial charge < -0.3 is 9.67 Å². The minimum Gasteiger partial charge on any atom is -0.480 e. The Hall–Kier alpha value is -3.59. The summed E-state index contributed by atoms with van der Waals surface area (Å²) in [6.07, 6.45) is 1.21. The fourth-order valence-corrected chi connectivity index (χ4v) is 5.83. The van der Waals surface area contributed by atoms with Crippen molar-refractivity contribution in [1.82, 2.24) is 9.29 Å². The van der Waals surface area contributed by atoms with Gasteiger partial charge in [0.25, 0.3) is 10.0 Å². The molecule has 2 aromatic heterocycles. The van der Waals surface area contributed by atoms with Crippen LogP contribution in [0.4, 0.5) is 13.2 Å². The van der Waals surface area contributed by atoms with E-state index in [0.29, 0.717) is 21.5 Å². The van der Waals surface area contributed by atoms with E-state index in [2.05, 4.69) is 16.6 Å². The van der Waals surface area contributed by atoms with Crippen LogP contribution in [0.1, 0.15) is 16.0 Å². The van der Waals surface area contributed by atoms with E-state index < -0.39 is 39.5 Å². The maximum Gasteiger partial charge on any atom is 0.322 e. The number of carbonyl (C=O) groups is 1. The number of hydrogen-bond acceptors (Lipinski definition) is 4. The van der Waals surface area contributed by atoms with E-state index >= 15 is 0 Å². The standard InChI is InChI=1S/C24H17F3N2O4S2/c1-29-13-15(18-11-19(26)20(27)12-22(18)29)10-21(24(30)31)28-35(32,33)23-9-8-17(34-23)7-4-14-2-5-16(25)6-3-14/h2-3,5-6,8-9,11-13,21,28H,10H2,1H3,(H,30,31)/t21-/m0/s1. The number of carboxylic acid groups (broad SMARTS) is 1. The molecule has 0 radical (unpaired) electrons. The largest absolute Gasteiger partial charge is 0.480 e. The van der Waals surface area contributed by atoms with Crippen molar-refractivity contribution in [2.45, 2.75) is 16.7 Å². The van der Waals surface area contributed by atoms with Gasteiger partial charge in [-0.2, -0.15) is 4.72 Å². The van der Waals surface area contributed by atoms with Crippen LogP contribution in [0.3, 0.4) is 0 Å². The minimum absolute atomic E-state index is 0.141. The van der Waals surface area contributed by atoms with Crippen molar-refractivity contribution in [1.29, 1.82) is 0 Å². The van der Waals surface area contributed by atoms with Crippen molar-refractivity contribution >= 4 is 38.2 Å². The number of nitrogens with zero attached hydrogens (tertiary/aromatic N) is 1. The van der Waals surface area contributed by atoms with Gasteiger partial charge in [-0.25, -0.2) is 21.6 Å². The first-order chi connectivity index (χ1) is 16.5. The Morgan fingerprint density at radius 3 is 2.46 bits per heavy atom. The Morgan fingerprint density at radius 2 is 1.77 bits per heavy atom. The first-order valence-electron chi connectivity index (χ1n) is 10.1. The highest BCUT2D eigenvalue weighted by atomic mass is 32.2. The third kappa shape index (κ3) is 5.40. The highest BCUT2D eigenvalue weighted by molar-refractivity contribution is 7.91. The van der Waals surface area contributed by atoms with Gasteiger partial charge in [0.1, 0.15) is 16.1 Å². The van der Waals surface area contributed by atoms with Gasteiger partial charge in [-0.15, -0.1) is 11.3 Å². The van der Waals surface area contributed by atoms with E-state index in [-0.39, 0.29) is 16.0 Å². The molecule has 11 heteroatoms. The van der Waals surface area contributed by atoms with Gasteiger partial charge in [0, 0.05) is 36.7 Å². The average Bonchev–Trinajstić information content (AvgIpc) is 3.39. The summed E-state index contributed by atoms with van der Waals surface area (Å²) >= 11 is 0.846. The van der Waals surface area contributed by atoms with E-state index in [1.165, 1.54) is 47.2 Å². The first-order valence-corrected chi connectivity index (χ1v) is 12.4. The number of fused-ring (bicyclic) bond motifs is 1. The predicted octanol–water partition coefficient (Wildman–Crippen LogP) is 4.03. The maximum absolute atomic E-state index is 13.8. The average molecular weight is 519 g/mol. The fraction of sp³-hybridized carbons (Fsp3) is 0.125. The third-order valence-electron chi connectivity index (χ3n) is 5.15. The van der Waals surface area contributed by atoms with Gasteiger partial charge in [0.2, 0.25) is 0 Å². The molecule has 4 rings (SSSR count). The number of thiophene rings is 1. The summed E-state index contributed by atoms with van der Waals surface area (Å²) in [7, 11) is -2.64. The molecule has 0 unspecified atom stereocenters. The number of carboxylic acids is 1. The summed E-state index contributed by atoms with van der Waals surface area (Å²) in [6, 6.07) is 8.66. The zero-order chi connectivity index (χ0) is 25.3. The molecule has 0 saturated heterocycles. The smallest absolute Gasteiger partial charge is 0.322 e. The van der Waals surface area contributed by atoms with E-state index in [1.54, 1.807) is 7.05 Å². The van der Waals surface area contributed by atoms with Crippen LogP contribution in [0.2, 0.25) is 0 Å². The van der Waals surface area contributed by atoms with Crippen molar-refractivity contribution < 1.29 is 31.5 Å². The summed E-state index contributed by atoms with van der Waals surface area (Å²) in [6.45, 7) is 0. The normalized spacial score (nSPS) is 12.3. The van der Waals surface area contributed by atoms with E-state index in [0.717, 1.165) is 23.5 Å². The maximum atomic E-state index is 13.8. The van der Waals surface area contributed by atoms with Crippen LogP contribution in [-0.4, -0.2) is 30.1 Å². The van der Waals surface area contributed by atoms with Crippen molar-refractivity contribution in [2.75, 3.05) is 0 Å². The molecule has 0 saturated carbocycles. The zero-order valence-corrected chi connectivity index (χ0v) is 19.7. The molecule has 4 aromatic rings. The van der Waals surface area contributed by atoms with Crippen LogP contribution < -0.4 is 4.72 Å². The van der Waals surface area contributed by atoms with Crippen LogP contribution >= 0.6 is 11.3 Å². The van der Waals surface area contributed by atoms with Crippen molar-refractivity contribution in [3.8, 4) is 11.8 Å². The van der Waals surface area contributed by atoms with Gasteiger partial charge in [-0.05, 0) is 48.0 Å². The number of hydrogen-bond donors (Lipinski definition) is 2. The summed E-state index contributed by atoms with van der Waals surface area (Å²) < 4.78 is 69.6. The topological polar surface area (TPSA) is 88.4 Å². The highest BCUT2D eigenvalue weighted by Crippen LogP contribution is 2.26. The summed E-state index contributed by atoms with van der Waals surface area (Å²) in [5.41, 5.74) is 1.22. The molecule has 1 atom stereocenters. The van der Waals surface area contributed by atoms with Crippen LogP contribution in [0.25, 0.3) is 10.9 Å². The molecule has 0 spiro atoms. The van der Waals surface area contributed by atoms with Gasteiger partial charge in [0.05, 0.1) is 10.4 Å². The van der Waals surface area contributed by atoms with Crippen LogP contribution in [-0.2, 0) is 28.3 Å². The molecule has 35 heavy (non-hydrogen) atoms. The Morgan fingerprint density at radius 1 is 1.09 bits per heavy atom. The molecule has 0 aliphatic heterocycles. The number of sulfonamides is 1. The van der Waals surface area contributed by atoms with Crippen LogP contribution in [0.5, 0.6) is 0 Å². The number of nitrogens with one attached hydrogen (secondary N) is 1. The van der Waals surface area contributed by atoms with Crippen molar-refractivity contribution in [2.24, 2.45) is 7.05 Å². The number of rotatable bonds is 6. The van der Waals surface area contributed by atoms with Gasteiger partial charge in [-0.1, -0.05) is 11.8 Å². The first kappa shape index (κ1) is 24.5. The second-order valence-corrected chi connectivity index (χ2v) is 10.7. The van der Waals surface area contributed by atoms with E-state index in [9.17, 15) is 31.5 Å². The molecule has 0 aliphatic carbocycles. The highest BCUT2D eigenvalue weighted by Gasteiger charge is 2.28. The SMILES string of the molecule is Cn1cc(C[C@H](NS(=O)(=O)c2ccc(C#Cc3ccc(F)cc3)s2)C(=O)O)c2cc(F)c(F)cc21. The summed E-state index contributed by atoms with van der Waals surface area (Å²) in [5, 5.41) is 9.93. The predicted molar refractivity (Wildman–Crippen MR) is 125 cm³/mol. The molecule has 2 N–H and O–H groups in total. The summed E-state index contributed by atoms with van der Waals surface area (Å²) in [4.78, 5) is 12.3. The molecular formula is C24H17F3N2O4S2. The molecule has 0 bridgehead atoms. The monoisotopic (exact) mass is 518 g/mol. The quantitative estimate of drug-likeness (QED) is 0.378. The Kier molecular flexibility index (Phi) is 6.71. The van der Waals surface area contributed by atoms with Gasteiger partial charge >= 0.3 is 5.97 Å². The Balaban J connectivity index is 1.56. The molecule has 0 fully saturated rings. The number of aliphatic carboxylic acids is 1.